The average molecular weight is 485 g/mol. The van der Waals surface area contributed by atoms with Crippen molar-refractivity contribution in [1.82, 2.24) is 5.06 Å². The van der Waals surface area contributed by atoms with Gasteiger partial charge in [-0.1, -0.05) is 5.06 Å². The van der Waals surface area contributed by atoms with Gasteiger partial charge in [0.05, 0.1) is 5.56 Å². The van der Waals surface area contributed by atoms with E-state index in [1.165, 1.54) is 0 Å². The second kappa shape index (κ2) is 4.73. The Balaban J connectivity index is 2.65. The molecular formula is C13H15I2N2O2. The topological polar surface area (TPSA) is 49.2 Å². The van der Waals surface area contributed by atoms with Crippen molar-refractivity contribution in [2.24, 2.45) is 0 Å². The van der Waals surface area contributed by atoms with E-state index >= 15 is 0 Å². The lowest BCUT2D eigenvalue weighted by molar-refractivity contribution is -0.539. The fourth-order valence-electron chi connectivity index (χ4n) is 2.03. The summed E-state index contributed by atoms with van der Waals surface area (Å²) in [4.78, 5) is 0. The van der Waals surface area contributed by atoms with Crippen LogP contribution in [0.4, 0.5) is 0 Å². The van der Waals surface area contributed by atoms with Crippen LogP contribution in [0.25, 0.3) is 0 Å². The Morgan fingerprint density at radius 1 is 1.11 bits per heavy atom. The van der Waals surface area contributed by atoms with Crippen LogP contribution in [0.3, 0.4) is 0 Å². The van der Waals surface area contributed by atoms with Crippen LogP contribution < -0.4 is 0 Å². The highest BCUT2D eigenvalue weighted by Crippen LogP contribution is 2.37. The van der Waals surface area contributed by atoms with Crippen molar-refractivity contribution < 1.29 is 9.95 Å². The lowest BCUT2D eigenvalue weighted by atomic mass is 9.84. The van der Waals surface area contributed by atoms with Crippen molar-refractivity contribution in [1.29, 1.82) is 0 Å². The van der Waals surface area contributed by atoms with Gasteiger partial charge in [0.25, 0.3) is 0 Å². The highest BCUT2D eigenvalue weighted by atomic mass is 127. The highest BCUT2D eigenvalue weighted by molar-refractivity contribution is 14.1. The predicted octanol–water partition coefficient (Wildman–Crippen LogP) is 3.37. The quantitative estimate of drug-likeness (QED) is 0.348. The zero-order chi connectivity index (χ0) is 14.6. The van der Waals surface area contributed by atoms with E-state index in [2.05, 4.69) is 45.2 Å². The van der Waals surface area contributed by atoms with Gasteiger partial charge in [-0.25, -0.2) is 0 Å². The second-order valence-corrected chi connectivity index (χ2v) is 8.18. The first-order chi connectivity index (χ1) is 8.59. The molecular weight excluding hydrogens is 470 g/mol. The molecule has 1 aromatic rings. The van der Waals surface area contributed by atoms with Crippen LogP contribution in [0.5, 0.6) is 0 Å². The molecule has 0 atom stereocenters. The van der Waals surface area contributed by atoms with Gasteiger partial charge in [-0.15, -0.1) is 0 Å². The molecule has 103 valence electrons. The molecule has 0 amide bonds. The molecule has 0 spiro atoms. The molecule has 0 saturated heterocycles. The molecule has 2 rings (SSSR count). The molecule has 0 aliphatic carbocycles. The summed E-state index contributed by atoms with van der Waals surface area (Å²) in [5, 5.41) is 25.9. The Kier molecular flexibility index (Phi) is 3.81. The number of hydrogen-bond acceptors (Lipinski definition) is 2. The van der Waals surface area contributed by atoms with Gasteiger partial charge in [-0.05, 0) is 91.1 Å². The minimum atomic E-state index is -0.767. The fraction of sp³-hybridized carbons (Fsp3) is 0.462. The number of hydroxylamine groups is 3. The van der Waals surface area contributed by atoms with Gasteiger partial charge in [0.15, 0.2) is 5.54 Å². The Hall–Kier alpha value is -0.0900. The molecule has 0 fully saturated rings. The maximum atomic E-state index is 12.5. The predicted molar refractivity (Wildman–Crippen MR) is 90.3 cm³/mol. The molecule has 6 heteroatoms. The van der Waals surface area contributed by atoms with Gasteiger partial charge in [-0.3, -0.25) is 4.74 Å². The van der Waals surface area contributed by atoms with E-state index in [0.717, 1.165) is 16.9 Å². The van der Waals surface area contributed by atoms with E-state index in [1.54, 1.807) is 27.7 Å². The minimum Gasteiger partial charge on any atom is -0.714 e. The van der Waals surface area contributed by atoms with Crippen molar-refractivity contribution in [3.8, 4) is 0 Å². The molecule has 0 unspecified atom stereocenters. The van der Waals surface area contributed by atoms with Crippen LogP contribution in [0.15, 0.2) is 18.2 Å². The number of rotatable bonds is 1. The molecule has 19 heavy (non-hydrogen) atoms. The normalized spacial score (nSPS) is 21.1. The van der Waals surface area contributed by atoms with Crippen LogP contribution in [-0.4, -0.2) is 26.7 Å². The number of benzene rings is 1. The summed E-state index contributed by atoms with van der Waals surface area (Å²) in [6, 6.07) is 5.73. The third kappa shape index (κ3) is 2.25. The molecule has 1 aliphatic heterocycles. The molecule has 0 saturated carbocycles. The van der Waals surface area contributed by atoms with E-state index < -0.39 is 11.1 Å². The van der Waals surface area contributed by atoms with Gasteiger partial charge >= 0.3 is 5.84 Å². The van der Waals surface area contributed by atoms with Crippen molar-refractivity contribution in [3.63, 3.8) is 0 Å². The Bertz CT molecular complexity index is 548. The smallest absolute Gasteiger partial charge is 0.316 e. The van der Waals surface area contributed by atoms with Crippen molar-refractivity contribution >= 4 is 51.0 Å². The Morgan fingerprint density at radius 2 is 1.58 bits per heavy atom. The zero-order valence-electron chi connectivity index (χ0n) is 11.2. The molecule has 0 N–H and O–H groups in total. The summed E-state index contributed by atoms with van der Waals surface area (Å²) in [7, 11) is 0. The van der Waals surface area contributed by atoms with Crippen LogP contribution in [0.1, 0.15) is 33.3 Å². The molecule has 0 aromatic heterocycles. The zero-order valence-corrected chi connectivity index (χ0v) is 15.5. The molecule has 1 aliphatic rings. The molecule has 0 bridgehead atoms. The summed E-state index contributed by atoms with van der Waals surface area (Å²) < 4.78 is 2.87. The van der Waals surface area contributed by atoms with E-state index in [0.29, 0.717) is 5.56 Å². The van der Waals surface area contributed by atoms with Gasteiger partial charge in [0.1, 0.15) is 5.54 Å². The third-order valence-electron chi connectivity index (χ3n) is 4.02. The van der Waals surface area contributed by atoms with Crippen molar-refractivity contribution in [2.75, 3.05) is 0 Å². The van der Waals surface area contributed by atoms with E-state index in [9.17, 15) is 10.4 Å². The third-order valence-corrected chi connectivity index (χ3v) is 5.26. The fourth-order valence-corrected chi connectivity index (χ4v) is 3.96. The first-order valence-electron chi connectivity index (χ1n) is 5.87. The largest absolute Gasteiger partial charge is 0.714 e. The number of halogens is 2. The van der Waals surface area contributed by atoms with Crippen molar-refractivity contribution in [3.05, 3.63) is 36.1 Å². The maximum absolute atomic E-state index is 12.5. The molecule has 4 nitrogen and oxygen atoms in total. The summed E-state index contributed by atoms with van der Waals surface area (Å²) in [5.41, 5.74) is -0.854. The van der Waals surface area contributed by atoms with Gasteiger partial charge in [0, 0.05) is 12.3 Å². The van der Waals surface area contributed by atoms with Crippen LogP contribution in [0.2, 0.25) is 0 Å². The monoisotopic (exact) mass is 485 g/mol. The van der Waals surface area contributed by atoms with E-state index in [4.69, 9.17) is 0 Å². The highest BCUT2D eigenvalue weighted by Gasteiger charge is 2.59. The van der Waals surface area contributed by atoms with Crippen LogP contribution in [0, 0.1) is 12.3 Å². The minimum absolute atomic E-state index is 0.200. The van der Waals surface area contributed by atoms with E-state index in [-0.39, 0.29) is 5.84 Å². The lowest BCUT2D eigenvalue weighted by Crippen LogP contribution is -2.53. The summed E-state index contributed by atoms with van der Waals surface area (Å²) in [5.74, 6) is 0.200. The van der Waals surface area contributed by atoms with E-state index in [1.807, 2.05) is 18.2 Å². The lowest BCUT2D eigenvalue weighted by Gasteiger charge is -2.32. The van der Waals surface area contributed by atoms with Crippen molar-refractivity contribution in [2.45, 2.75) is 38.8 Å². The Morgan fingerprint density at radius 3 is 1.95 bits per heavy atom. The number of nitrogens with zero attached hydrogens (tertiary/aromatic N) is 2. The molecule has 1 radical (unpaired) electrons. The molecule has 1 heterocycles. The van der Waals surface area contributed by atoms with Crippen LogP contribution >= 0.6 is 45.2 Å². The standard InChI is InChI=1S/C13H15I2N2O2/c1-12(2)13(3,4)17(19)11(16(12)18)8-5-9(14)7-10(15)6-8/h5-7H,1-4H3. The SMILES string of the molecule is CC1(C)N([O])C(c2cc(I)cc(I)c2)=[N+]([O-])C1(C)C. The average Bonchev–Trinajstić information content (AvgIpc) is 2.37. The van der Waals surface area contributed by atoms with Gasteiger partial charge < -0.3 is 5.21 Å². The Labute approximate surface area is 140 Å². The van der Waals surface area contributed by atoms with Gasteiger partial charge in [-0.2, -0.15) is 0 Å². The summed E-state index contributed by atoms with van der Waals surface area (Å²) >= 11 is 4.38. The summed E-state index contributed by atoms with van der Waals surface area (Å²) in [6.07, 6.45) is 0. The maximum Gasteiger partial charge on any atom is 0.316 e. The van der Waals surface area contributed by atoms with Crippen LogP contribution in [-0.2, 0) is 5.21 Å². The number of hydrogen-bond donors (Lipinski definition) is 0. The first-order valence-corrected chi connectivity index (χ1v) is 8.03. The van der Waals surface area contributed by atoms with Gasteiger partial charge in [0.2, 0.25) is 0 Å². The first kappa shape index (κ1) is 15.3. The number of amidine groups is 1. The second-order valence-electron chi connectivity index (χ2n) is 5.69. The molecule has 1 aromatic carbocycles. The summed E-state index contributed by atoms with van der Waals surface area (Å²) in [6.45, 7) is 7.21.